The predicted octanol–water partition coefficient (Wildman–Crippen LogP) is 3.39. The number of nitrogens with zero attached hydrogens (tertiary/aromatic N) is 3. The molecular formula is C12H18N4S2. The first-order chi connectivity index (χ1) is 8.67. The highest BCUT2D eigenvalue weighted by molar-refractivity contribution is 7.11. The zero-order valence-electron chi connectivity index (χ0n) is 10.9. The van der Waals surface area contributed by atoms with Gasteiger partial charge < -0.3 is 10.6 Å². The Morgan fingerprint density at radius 1 is 1.39 bits per heavy atom. The number of hydrogen-bond acceptors (Lipinski definition) is 6. The molecule has 0 unspecified atom stereocenters. The van der Waals surface area contributed by atoms with E-state index in [9.17, 15) is 0 Å². The van der Waals surface area contributed by atoms with Crippen molar-refractivity contribution in [1.29, 1.82) is 0 Å². The van der Waals surface area contributed by atoms with Gasteiger partial charge in [0.25, 0.3) is 0 Å². The largest absolute Gasteiger partial charge is 0.382 e. The van der Waals surface area contributed by atoms with Gasteiger partial charge in [-0.1, -0.05) is 6.92 Å². The second kappa shape index (κ2) is 5.67. The minimum Gasteiger partial charge on any atom is -0.382 e. The molecule has 0 spiro atoms. The molecule has 0 radical (unpaired) electrons. The molecule has 0 saturated carbocycles. The molecule has 0 aliphatic heterocycles. The van der Waals surface area contributed by atoms with E-state index in [2.05, 4.69) is 33.5 Å². The third-order valence-electron chi connectivity index (χ3n) is 2.74. The van der Waals surface area contributed by atoms with E-state index >= 15 is 0 Å². The molecule has 0 saturated heterocycles. The summed E-state index contributed by atoms with van der Waals surface area (Å²) in [4.78, 5) is 6.85. The van der Waals surface area contributed by atoms with Crippen molar-refractivity contribution in [2.75, 3.05) is 23.7 Å². The van der Waals surface area contributed by atoms with Crippen LogP contribution in [0.3, 0.4) is 0 Å². The number of aryl methyl sites for hydroxylation is 1. The van der Waals surface area contributed by atoms with Crippen LogP contribution in [0.2, 0.25) is 0 Å². The summed E-state index contributed by atoms with van der Waals surface area (Å²) in [6.07, 6.45) is 1.11. The lowest BCUT2D eigenvalue weighted by molar-refractivity contribution is 0.799. The second-order valence-corrected chi connectivity index (χ2v) is 5.89. The van der Waals surface area contributed by atoms with Crippen LogP contribution in [-0.2, 0) is 0 Å². The van der Waals surface area contributed by atoms with Gasteiger partial charge in [-0.25, -0.2) is 4.98 Å². The average Bonchev–Trinajstić information content (AvgIpc) is 2.92. The summed E-state index contributed by atoms with van der Waals surface area (Å²) in [6.45, 7) is 8.33. The van der Waals surface area contributed by atoms with Crippen molar-refractivity contribution in [3.63, 3.8) is 0 Å². The Morgan fingerprint density at radius 2 is 2.17 bits per heavy atom. The smallest absolute Gasteiger partial charge is 0.148 e. The van der Waals surface area contributed by atoms with Crippen molar-refractivity contribution in [2.45, 2.75) is 27.2 Å². The van der Waals surface area contributed by atoms with Gasteiger partial charge in [-0.2, -0.15) is 4.37 Å². The maximum atomic E-state index is 6.01. The third-order valence-corrected chi connectivity index (χ3v) is 4.43. The SMILES string of the molecule is CCCN(CC)c1snc(N)c1-c1csc(C)n1. The predicted molar refractivity (Wildman–Crippen MR) is 80.5 cm³/mol. The van der Waals surface area contributed by atoms with Gasteiger partial charge in [-0.3, -0.25) is 0 Å². The van der Waals surface area contributed by atoms with Crippen LogP contribution < -0.4 is 10.6 Å². The Morgan fingerprint density at radius 3 is 2.72 bits per heavy atom. The Hall–Kier alpha value is -1.14. The molecule has 2 N–H and O–H groups in total. The minimum atomic E-state index is 0.592. The molecule has 18 heavy (non-hydrogen) atoms. The fraction of sp³-hybridized carbons (Fsp3) is 0.500. The van der Waals surface area contributed by atoms with Gasteiger partial charge in [0.15, 0.2) is 0 Å². The number of aromatic nitrogens is 2. The Bertz CT molecular complexity index is 518. The Kier molecular flexibility index (Phi) is 4.19. The van der Waals surface area contributed by atoms with E-state index in [0.717, 1.165) is 40.8 Å². The van der Waals surface area contributed by atoms with Gasteiger partial charge in [0.1, 0.15) is 10.8 Å². The summed E-state index contributed by atoms with van der Waals surface area (Å²) < 4.78 is 4.30. The molecule has 6 heteroatoms. The van der Waals surface area contributed by atoms with E-state index < -0.39 is 0 Å². The lowest BCUT2D eigenvalue weighted by Gasteiger charge is -2.21. The van der Waals surface area contributed by atoms with Crippen LogP contribution in [0.1, 0.15) is 25.3 Å². The van der Waals surface area contributed by atoms with Crippen molar-refractivity contribution in [1.82, 2.24) is 9.36 Å². The number of thiazole rings is 1. The molecule has 4 nitrogen and oxygen atoms in total. The molecule has 0 fully saturated rings. The zero-order chi connectivity index (χ0) is 13.1. The van der Waals surface area contributed by atoms with Crippen LogP contribution in [0, 0.1) is 6.92 Å². The van der Waals surface area contributed by atoms with Crippen LogP contribution in [0.15, 0.2) is 5.38 Å². The van der Waals surface area contributed by atoms with Crippen LogP contribution in [0.4, 0.5) is 10.8 Å². The van der Waals surface area contributed by atoms with Crippen LogP contribution in [0.25, 0.3) is 11.3 Å². The molecule has 0 bridgehead atoms. The van der Waals surface area contributed by atoms with E-state index in [0.29, 0.717) is 5.82 Å². The van der Waals surface area contributed by atoms with Crippen molar-refractivity contribution in [3.8, 4) is 11.3 Å². The van der Waals surface area contributed by atoms with E-state index in [1.807, 2.05) is 6.92 Å². The topological polar surface area (TPSA) is 55.0 Å². The third kappa shape index (κ3) is 2.49. The lowest BCUT2D eigenvalue weighted by Crippen LogP contribution is -2.22. The number of nitrogen functional groups attached to an aromatic ring is 1. The van der Waals surface area contributed by atoms with Crippen LogP contribution in [0.5, 0.6) is 0 Å². The molecule has 0 atom stereocenters. The lowest BCUT2D eigenvalue weighted by atomic mass is 10.2. The monoisotopic (exact) mass is 282 g/mol. The van der Waals surface area contributed by atoms with Gasteiger partial charge in [0, 0.05) is 18.5 Å². The minimum absolute atomic E-state index is 0.592. The molecule has 0 aromatic carbocycles. The fourth-order valence-electron chi connectivity index (χ4n) is 1.90. The molecule has 2 heterocycles. The summed E-state index contributed by atoms with van der Waals surface area (Å²) in [5.74, 6) is 0.592. The van der Waals surface area contributed by atoms with E-state index in [4.69, 9.17) is 5.73 Å². The summed E-state index contributed by atoms with van der Waals surface area (Å²) in [7, 11) is 0. The van der Waals surface area contributed by atoms with Gasteiger partial charge in [0.05, 0.1) is 16.3 Å². The Balaban J connectivity index is 2.43. The summed E-state index contributed by atoms with van der Waals surface area (Å²) >= 11 is 3.11. The maximum absolute atomic E-state index is 6.01. The van der Waals surface area contributed by atoms with E-state index in [1.165, 1.54) is 11.5 Å². The molecule has 2 aromatic heterocycles. The number of anilines is 2. The molecular weight excluding hydrogens is 264 g/mol. The normalized spacial score (nSPS) is 10.8. The van der Waals surface area contributed by atoms with Crippen molar-refractivity contribution >= 4 is 33.7 Å². The first kappa shape index (κ1) is 13.3. The van der Waals surface area contributed by atoms with Crippen molar-refractivity contribution < 1.29 is 0 Å². The Labute approximate surface area is 116 Å². The highest BCUT2D eigenvalue weighted by atomic mass is 32.1. The number of rotatable bonds is 5. The van der Waals surface area contributed by atoms with Gasteiger partial charge in [-0.15, -0.1) is 11.3 Å². The number of nitrogens with two attached hydrogens (primary N) is 1. The summed E-state index contributed by atoms with van der Waals surface area (Å²) in [5, 5.41) is 4.25. The number of hydrogen-bond donors (Lipinski definition) is 1. The first-order valence-corrected chi connectivity index (χ1v) is 7.75. The molecule has 2 rings (SSSR count). The second-order valence-electron chi connectivity index (χ2n) is 4.08. The van der Waals surface area contributed by atoms with E-state index in [-0.39, 0.29) is 0 Å². The highest BCUT2D eigenvalue weighted by Gasteiger charge is 2.19. The van der Waals surface area contributed by atoms with Gasteiger partial charge in [-0.05, 0) is 31.8 Å². The maximum Gasteiger partial charge on any atom is 0.148 e. The summed E-state index contributed by atoms with van der Waals surface area (Å²) in [6, 6.07) is 0. The molecule has 98 valence electrons. The standard InChI is InChI=1S/C12H18N4S2/c1-4-6-16(5-2)12-10(11(13)15-18-12)9-7-17-8(3)14-9/h7H,4-6H2,1-3H3,(H2,13,15). The van der Waals surface area contributed by atoms with E-state index in [1.54, 1.807) is 11.3 Å². The average molecular weight is 282 g/mol. The van der Waals surface area contributed by atoms with Crippen molar-refractivity contribution in [2.24, 2.45) is 0 Å². The quantitative estimate of drug-likeness (QED) is 0.913. The molecule has 0 aliphatic carbocycles. The fourth-order valence-corrected chi connectivity index (χ4v) is 3.42. The molecule has 0 amide bonds. The van der Waals surface area contributed by atoms with Crippen molar-refractivity contribution in [3.05, 3.63) is 10.4 Å². The zero-order valence-corrected chi connectivity index (χ0v) is 12.6. The highest BCUT2D eigenvalue weighted by Crippen LogP contribution is 2.39. The first-order valence-electron chi connectivity index (χ1n) is 6.09. The van der Waals surface area contributed by atoms with Crippen LogP contribution >= 0.6 is 22.9 Å². The van der Waals surface area contributed by atoms with Gasteiger partial charge >= 0.3 is 0 Å². The van der Waals surface area contributed by atoms with Crippen LogP contribution in [-0.4, -0.2) is 22.4 Å². The van der Waals surface area contributed by atoms with Gasteiger partial charge in [0.2, 0.25) is 0 Å². The molecule has 2 aromatic rings. The molecule has 0 aliphatic rings. The summed E-state index contributed by atoms with van der Waals surface area (Å²) in [5.41, 5.74) is 7.96.